The molecule has 176 valence electrons. The van der Waals surface area contributed by atoms with Crippen molar-refractivity contribution < 1.29 is 13.5 Å². The van der Waals surface area contributed by atoms with E-state index in [0.717, 1.165) is 0 Å². The van der Waals surface area contributed by atoms with Crippen LogP contribution < -0.4 is 11.3 Å². The summed E-state index contributed by atoms with van der Waals surface area (Å²) in [5, 5.41) is 21.3. The Bertz CT molecular complexity index is 1290. The van der Waals surface area contributed by atoms with Crippen LogP contribution in [0.3, 0.4) is 0 Å². The van der Waals surface area contributed by atoms with E-state index in [9.17, 15) is 18.8 Å². The van der Waals surface area contributed by atoms with Crippen molar-refractivity contribution in [3.8, 4) is 17.3 Å². The van der Waals surface area contributed by atoms with Gasteiger partial charge in [0.1, 0.15) is 17.0 Å². The van der Waals surface area contributed by atoms with Crippen LogP contribution in [0.2, 0.25) is 0 Å². The van der Waals surface area contributed by atoms with Crippen molar-refractivity contribution in [3.63, 3.8) is 0 Å². The van der Waals surface area contributed by atoms with Crippen molar-refractivity contribution in [2.45, 2.75) is 57.1 Å². The molecule has 0 aromatic carbocycles. The summed E-state index contributed by atoms with van der Waals surface area (Å²) in [6.45, 7) is 3.70. The number of halogens is 2. The number of fused-ring (bicyclic) bond motifs is 1. The highest BCUT2D eigenvalue weighted by Gasteiger charge is 2.46. The van der Waals surface area contributed by atoms with Gasteiger partial charge in [0.05, 0.1) is 23.0 Å². The number of H-pyrrole nitrogens is 1. The summed E-state index contributed by atoms with van der Waals surface area (Å²) in [7, 11) is 3.25. The number of ether oxygens (including phenoxy) is 1. The van der Waals surface area contributed by atoms with Crippen molar-refractivity contribution in [2.75, 3.05) is 12.8 Å². The molecule has 4 rings (SSSR count). The Morgan fingerprint density at radius 1 is 1.30 bits per heavy atom. The Hall–Kier alpha value is -3.26. The van der Waals surface area contributed by atoms with Gasteiger partial charge in [-0.15, -0.1) is 0 Å². The average Bonchev–Trinajstić information content (AvgIpc) is 3.34. The molecule has 0 amide bonds. The molecular formula is C22H27F2N7O2. The minimum Gasteiger partial charge on any atom is -0.382 e. The van der Waals surface area contributed by atoms with E-state index >= 15 is 0 Å². The second kappa shape index (κ2) is 7.95. The lowest BCUT2D eigenvalue weighted by Gasteiger charge is -2.38. The average molecular weight is 460 g/mol. The van der Waals surface area contributed by atoms with Gasteiger partial charge in [0.2, 0.25) is 5.92 Å². The first-order valence-electron chi connectivity index (χ1n) is 10.8. The normalized spacial score (nSPS) is 18.5. The van der Waals surface area contributed by atoms with Crippen LogP contribution in [-0.4, -0.2) is 37.6 Å². The highest BCUT2D eigenvalue weighted by Crippen LogP contribution is 2.46. The monoisotopic (exact) mass is 459 g/mol. The number of methoxy groups -OCH3 is 1. The number of nitrogens with two attached hydrogens (primary N) is 1. The molecule has 0 spiro atoms. The Labute approximate surface area is 189 Å². The lowest BCUT2D eigenvalue weighted by atomic mass is 9.80. The molecule has 9 nitrogen and oxygen atoms in total. The van der Waals surface area contributed by atoms with E-state index in [1.807, 2.05) is 13.8 Å². The minimum atomic E-state index is -2.71. The number of aromatic nitrogens is 5. The maximum atomic E-state index is 13.8. The highest BCUT2D eigenvalue weighted by atomic mass is 19.3. The fourth-order valence-electron chi connectivity index (χ4n) is 4.70. The third kappa shape index (κ3) is 3.68. The highest BCUT2D eigenvalue weighted by molar-refractivity contribution is 5.97. The first-order chi connectivity index (χ1) is 15.5. The Morgan fingerprint density at radius 2 is 1.97 bits per heavy atom. The lowest BCUT2D eigenvalue weighted by Crippen LogP contribution is -2.39. The second-order valence-corrected chi connectivity index (χ2v) is 9.02. The van der Waals surface area contributed by atoms with Crippen LogP contribution in [0.15, 0.2) is 17.1 Å². The molecule has 0 bridgehead atoms. The molecule has 3 heterocycles. The number of nitrogen functional groups attached to an aromatic ring is 1. The maximum absolute atomic E-state index is 13.8. The van der Waals surface area contributed by atoms with Gasteiger partial charge in [0.25, 0.3) is 5.56 Å². The topological polar surface area (TPSA) is 128 Å². The van der Waals surface area contributed by atoms with Crippen LogP contribution in [-0.2, 0) is 17.4 Å². The fraction of sp³-hybridized carbons (Fsp3) is 0.545. The van der Waals surface area contributed by atoms with Gasteiger partial charge in [-0.1, -0.05) is 13.8 Å². The number of hydrogen-bond acceptors (Lipinski definition) is 6. The predicted octanol–water partition coefficient (Wildman–Crippen LogP) is 3.48. The molecule has 1 aliphatic rings. The van der Waals surface area contributed by atoms with Crippen LogP contribution in [0, 0.1) is 17.2 Å². The van der Waals surface area contributed by atoms with E-state index in [1.54, 1.807) is 24.0 Å². The number of nitrogens with one attached hydrogen (secondary N) is 1. The van der Waals surface area contributed by atoms with Crippen molar-refractivity contribution in [1.29, 1.82) is 5.26 Å². The zero-order valence-corrected chi connectivity index (χ0v) is 19.0. The molecule has 1 atom stereocenters. The summed E-state index contributed by atoms with van der Waals surface area (Å²) in [5.41, 5.74) is 6.75. The smallest absolute Gasteiger partial charge is 0.264 e. The zero-order valence-electron chi connectivity index (χ0n) is 19.0. The van der Waals surface area contributed by atoms with Crippen molar-refractivity contribution in [1.82, 2.24) is 24.5 Å². The molecule has 11 heteroatoms. The van der Waals surface area contributed by atoms with Gasteiger partial charge in [-0.05, 0) is 24.8 Å². The van der Waals surface area contributed by atoms with E-state index in [-0.39, 0.29) is 42.8 Å². The summed E-state index contributed by atoms with van der Waals surface area (Å²) in [4.78, 5) is 13.1. The number of rotatable bonds is 5. The van der Waals surface area contributed by atoms with Gasteiger partial charge in [-0.2, -0.15) is 15.5 Å². The van der Waals surface area contributed by atoms with Crippen LogP contribution >= 0.6 is 0 Å². The lowest BCUT2D eigenvalue weighted by molar-refractivity contribution is -0.126. The van der Waals surface area contributed by atoms with Crippen molar-refractivity contribution in [3.05, 3.63) is 28.3 Å². The predicted molar refractivity (Wildman–Crippen MR) is 119 cm³/mol. The largest absolute Gasteiger partial charge is 0.382 e. The second-order valence-electron chi connectivity index (χ2n) is 9.02. The standard InChI is InChI=1S/C22H27F2N7O2/c1-12(2)15(10-25)31-11-13(18-17(20(31)32)19(26)28-27-18)14-9-16(30(3)29-14)21(33-4)5-7-22(23,24)8-6-21/h9,11-12,15H,5-8H2,1-4H3,(H3,26,27,28). The van der Waals surface area contributed by atoms with Crippen LogP contribution in [0.4, 0.5) is 14.6 Å². The molecule has 1 fully saturated rings. The van der Waals surface area contributed by atoms with Gasteiger partial charge in [0.15, 0.2) is 5.82 Å². The van der Waals surface area contributed by atoms with E-state index in [4.69, 9.17) is 10.5 Å². The number of nitriles is 1. The third-order valence-corrected chi connectivity index (χ3v) is 6.65. The van der Waals surface area contributed by atoms with Gasteiger partial charge in [0, 0.05) is 38.8 Å². The van der Waals surface area contributed by atoms with Gasteiger partial charge in [-0.25, -0.2) is 8.78 Å². The number of pyridine rings is 1. The molecular weight excluding hydrogens is 432 g/mol. The number of nitrogens with zero attached hydrogens (tertiary/aromatic N) is 5. The van der Waals surface area contributed by atoms with Crippen molar-refractivity contribution in [2.24, 2.45) is 13.0 Å². The first kappa shape index (κ1) is 22.9. The summed E-state index contributed by atoms with van der Waals surface area (Å²) < 4.78 is 36.4. The Morgan fingerprint density at radius 3 is 2.55 bits per heavy atom. The summed E-state index contributed by atoms with van der Waals surface area (Å²) >= 11 is 0. The third-order valence-electron chi connectivity index (χ3n) is 6.65. The molecule has 0 radical (unpaired) electrons. The maximum Gasteiger partial charge on any atom is 0.264 e. The molecule has 3 aromatic heterocycles. The van der Waals surface area contributed by atoms with E-state index in [1.165, 1.54) is 11.7 Å². The molecule has 1 saturated carbocycles. The molecule has 1 aliphatic carbocycles. The fourth-order valence-corrected chi connectivity index (χ4v) is 4.70. The van der Waals surface area contributed by atoms with E-state index in [0.29, 0.717) is 22.5 Å². The van der Waals surface area contributed by atoms with Crippen LogP contribution in [0.5, 0.6) is 0 Å². The molecule has 3 aromatic rings. The minimum absolute atomic E-state index is 0.0325. The van der Waals surface area contributed by atoms with Crippen LogP contribution in [0.25, 0.3) is 22.2 Å². The summed E-state index contributed by atoms with van der Waals surface area (Å²) in [5.74, 6) is -2.81. The number of hydrogen-bond donors (Lipinski definition) is 2. The number of alkyl halides is 2. The number of aryl methyl sites for hydroxylation is 1. The van der Waals surface area contributed by atoms with E-state index < -0.39 is 23.1 Å². The Kier molecular flexibility index (Phi) is 5.52. The zero-order chi connectivity index (χ0) is 24.1. The molecule has 0 saturated heterocycles. The number of aromatic amines is 1. The summed E-state index contributed by atoms with van der Waals surface area (Å²) in [6, 6.07) is 3.24. The first-order valence-corrected chi connectivity index (χ1v) is 10.8. The molecule has 0 aliphatic heterocycles. The molecule has 1 unspecified atom stereocenters. The van der Waals surface area contributed by atoms with Gasteiger partial charge in [-0.3, -0.25) is 19.1 Å². The summed E-state index contributed by atoms with van der Waals surface area (Å²) in [6.07, 6.45) is 1.35. The van der Waals surface area contributed by atoms with Gasteiger partial charge < -0.3 is 10.5 Å². The molecule has 3 N–H and O–H groups in total. The number of anilines is 1. The van der Waals surface area contributed by atoms with Crippen LogP contribution in [0.1, 0.15) is 51.3 Å². The van der Waals surface area contributed by atoms with E-state index in [2.05, 4.69) is 21.4 Å². The SMILES string of the molecule is COC1(c2cc(-c3cn(C(C#N)C(C)C)c(=O)c4c(N)n[nH]c34)nn2C)CCC(F)(F)CC1. The van der Waals surface area contributed by atoms with Crippen molar-refractivity contribution >= 4 is 16.7 Å². The van der Waals surface area contributed by atoms with Gasteiger partial charge >= 0.3 is 0 Å². The molecule has 33 heavy (non-hydrogen) atoms. The quantitative estimate of drug-likeness (QED) is 0.601. The Balaban J connectivity index is 1.90.